The van der Waals surface area contributed by atoms with Gasteiger partial charge in [-0.1, -0.05) is 5.16 Å². The number of nitrogen functional groups attached to an aromatic ring is 1. The number of carboxylic acids is 1. The molecule has 0 radical (unpaired) electrons. The summed E-state index contributed by atoms with van der Waals surface area (Å²) in [7, 11) is 2.85. The Morgan fingerprint density at radius 1 is 1.41 bits per heavy atom. The first kappa shape index (κ1) is 26.9. The first-order valence-corrected chi connectivity index (χ1v) is 11.9. The summed E-state index contributed by atoms with van der Waals surface area (Å²) in [5, 5.41) is 19.5. The van der Waals surface area contributed by atoms with Gasteiger partial charge in [-0.25, -0.2) is 4.98 Å². The third-order valence-electron chi connectivity index (χ3n) is 5.49. The molecule has 2 fully saturated rings. The minimum absolute atomic E-state index is 0. The molecule has 0 saturated carbocycles. The normalized spacial score (nSPS) is 26.5. The summed E-state index contributed by atoms with van der Waals surface area (Å²) >= 11 is 2.47. The van der Waals surface area contributed by atoms with Crippen LogP contribution >= 0.6 is 23.1 Å². The molecule has 3 N–H and O–H groups in total. The number of thiazole rings is 1. The number of methoxy groups -OCH3 is 1. The molecule has 2 saturated heterocycles. The van der Waals surface area contributed by atoms with Crippen LogP contribution in [0.3, 0.4) is 0 Å². The first-order chi connectivity index (χ1) is 15.8. The van der Waals surface area contributed by atoms with Gasteiger partial charge in [0, 0.05) is 18.2 Å². The van der Waals surface area contributed by atoms with Crippen LogP contribution in [0.1, 0.15) is 18.5 Å². The largest absolute Gasteiger partial charge is 1.00 e. The summed E-state index contributed by atoms with van der Waals surface area (Å²) in [4.78, 5) is 47.6. The summed E-state index contributed by atoms with van der Waals surface area (Å²) in [6.07, 6.45) is 0.798. The Kier molecular flexibility index (Phi) is 9.00. The second kappa shape index (κ2) is 11.4. The van der Waals surface area contributed by atoms with Crippen LogP contribution in [-0.2, 0) is 28.7 Å². The molecule has 4 heterocycles. The van der Waals surface area contributed by atoms with Gasteiger partial charge in [0.2, 0.25) is 0 Å². The zero-order valence-corrected chi connectivity index (χ0v) is 22.4. The Balaban J connectivity index is 0.00000324. The van der Waals surface area contributed by atoms with E-state index in [1.165, 1.54) is 18.9 Å². The van der Waals surface area contributed by atoms with E-state index in [1.807, 2.05) is 0 Å². The SMILES string of the molecule is COCC1CCC(C2=C(C(=O)[O-])N3C(=O)[C@@H](NC(=O)/C(=N\OC)c4csc(N)n4)[C@H]3SC2)O1.[Na+]. The van der Waals surface area contributed by atoms with Crippen molar-refractivity contribution < 1.29 is 63.4 Å². The second-order valence-corrected chi connectivity index (χ2v) is 9.49. The first-order valence-electron chi connectivity index (χ1n) is 10.0. The Morgan fingerprint density at radius 3 is 2.79 bits per heavy atom. The fraction of sp³-hybridized carbons (Fsp3) is 0.526. The van der Waals surface area contributed by atoms with Crippen LogP contribution in [0.15, 0.2) is 21.8 Å². The van der Waals surface area contributed by atoms with Crippen LogP contribution in [0, 0.1) is 0 Å². The van der Waals surface area contributed by atoms with E-state index in [9.17, 15) is 19.5 Å². The number of hydrogen-bond acceptors (Lipinski definition) is 12. The molecule has 0 spiro atoms. The average Bonchev–Trinajstić information content (AvgIpc) is 3.43. The molecule has 0 bridgehead atoms. The molecule has 1 aromatic rings. The smallest absolute Gasteiger partial charge is 0.543 e. The van der Waals surface area contributed by atoms with Crippen molar-refractivity contribution in [2.75, 3.05) is 32.3 Å². The van der Waals surface area contributed by atoms with E-state index in [1.54, 1.807) is 12.5 Å². The third kappa shape index (κ3) is 5.12. The predicted molar refractivity (Wildman–Crippen MR) is 117 cm³/mol. The van der Waals surface area contributed by atoms with E-state index < -0.39 is 35.3 Å². The van der Waals surface area contributed by atoms with Crippen molar-refractivity contribution in [3.63, 3.8) is 0 Å². The molecule has 0 aliphatic carbocycles. The van der Waals surface area contributed by atoms with Gasteiger partial charge < -0.3 is 35.3 Å². The van der Waals surface area contributed by atoms with Gasteiger partial charge in [0.15, 0.2) is 10.8 Å². The number of nitrogens with one attached hydrogen (secondary N) is 1. The van der Waals surface area contributed by atoms with Crippen LogP contribution in [0.25, 0.3) is 0 Å². The molecule has 4 atom stereocenters. The Labute approximate surface area is 225 Å². The summed E-state index contributed by atoms with van der Waals surface area (Å²) in [5.41, 5.74) is 6.01. The number of nitrogens with two attached hydrogens (primary N) is 1. The van der Waals surface area contributed by atoms with E-state index in [-0.39, 0.29) is 57.9 Å². The topological polar surface area (TPSA) is 169 Å². The maximum absolute atomic E-state index is 12.9. The number of carbonyl (C=O) groups is 3. The monoisotopic (exact) mass is 519 g/mol. The number of anilines is 1. The van der Waals surface area contributed by atoms with Crippen LogP contribution in [0.2, 0.25) is 0 Å². The number of carbonyl (C=O) groups excluding carboxylic acids is 3. The molecular formula is C19H22N5NaO7S2. The summed E-state index contributed by atoms with van der Waals surface area (Å²) < 4.78 is 11.0. The van der Waals surface area contributed by atoms with Crippen molar-refractivity contribution in [2.45, 2.75) is 36.5 Å². The molecule has 4 rings (SSSR count). The van der Waals surface area contributed by atoms with Crippen molar-refractivity contribution in [3.8, 4) is 0 Å². The predicted octanol–water partition coefficient (Wildman–Crippen LogP) is -4.32. The molecule has 178 valence electrons. The van der Waals surface area contributed by atoms with Crippen LogP contribution < -0.4 is 45.7 Å². The summed E-state index contributed by atoms with van der Waals surface area (Å²) in [6.45, 7) is 0.410. The van der Waals surface area contributed by atoms with Gasteiger partial charge in [-0.2, -0.15) is 0 Å². The van der Waals surface area contributed by atoms with E-state index in [2.05, 4.69) is 15.5 Å². The number of thioether (sulfide) groups is 1. The van der Waals surface area contributed by atoms with Gasteiger partial charge in [-0.3, -0.25) is 14.5 Å². The molecule has 3 aliphatic heterocycles. The number of amides is 2. The van der Waals surface area contributed by atoms with Crippen molar-refractivity contribution in [3.05, 3.63) is 22.3 Å². The van der Waals surface area contributed by atoms with Gasteiger partial charge in [-0.05, 0) is 18.4 Å². The quantitative estimate of drug-likeness (QED) is 0.148. The van der Waals surface area contributed by atoms with Crippen molar-refractivity contribution in [1.82, 2.24) is 15.2 Å². The van der Waals surface area contributed by atoms with Crippen molar-refractivity contribution in [2.24, 2.45) is 5.16 Å². The zero-order valence-electron chi connectivity index (χ0n) is 18.8. The number of carboxylic acid groups (broad SMARTS) is 1. The minimum Gasteiger partial charge on any atom is -0.543 e. The van der Waals surface area contributed by atoms with E-state index >= 15 is 0 Å². The number of rotatable bonds is 8. The van der Waals surface area contributed by atoms with E-state index in [4.69, 9.17) is 20.0 Å². The number of aromatic nitrogens is 1. The van der Waals surface area contributed by atoms with E-state index in [0.29, 0.717) is 24.4 Å². The zero-order chi connectivity index (χ0) is 23.7. The van der Waals surface area contributed by atoms with Crippen LogP contribution in [-0.4, -0.2) is 83.6 Å². The molecule has 3 aliphatic rings. The van der Waals surface area contributed by atoms with Gasteiger partial charge >= 0.3 is 29.6 Å². The summed E-state index contributed by atoms with van der Waals surface area (Å²) in [5.74, 6) is -2.37. The second-order valence-electron chi connectivity index (χ2n) is 7.50. The molecule has 0 aromatic carbocycles. The van der Waals surface area contributed by atoms with Gasteiger partial charge in [0.05, 0.1) is 30.5 Å². The van der Waals surface area contributed by atoms with Crippen LogP contribution in [0.4, 0.5) is 5.13 Å². The standard InChI is InChI=1S/C19H23N5O7S2.Na/c1-29-5-8-3-4-11(31-8)9-6-32-17-13(16(26)24(17)14(9)18(27)28)22-15(25)12(23-30-2)10-7-33-19(20)21-10;/h7-8,11,13,17H,3-6H2,1-2H3,(H2,20,21)(H,22,25)(H,27,28);/q;+1/p-1/b23-12-;/t8?,11?,13-,17-;/m1./s1. The number of oxime groups is 1. The Hall–Kier alpha value is -1.68. The fourth-order valence-electron chi connectivity index (χ4n) is 4.05. The van der Waals surface area contributed by atoms with E-state index in [0.717, 1.165) is 22.7 Å². The number of nitrogens with zero attached hydrogens (tertiary/aromatic N) is 3. The third-order valence-corrected chi connectivity index (χ3v) is 7.46. The number of aliphatic carboxylic acids is 1. The Bertz CT molecular complexity index is 1030. The maximum Gasteiger partial charge on any atom is 1.00 e. The fourth-order valence-corrected chi connectivity index (χ4v) is 6.01. The van der Waals surface area contributed by atoms with Crippen molar-refractivity contribution in [1.29, 1.82) is 0 Å². The molecule has 12 nitrogen and oxygen atoms in total. The van der Waals surface area contributed by atoms with Crippen molar-refractivity contribution >= 4 is 51.7 Å². The number of hydrogen-bond donors (Lipinski definition) is 2. The van der Waals surface area contributed by atoms with Gasteiger partial charge in [0.1, 0.15) is 24.2 Å². The molecular weight excluding hydrogens is 497 g/mol. The molecule has 1 aromatic heterocycles. The number of β-lactam (4-membered cyclic amide) rings is 1. The molecule has 34 heavy (non-hydrogen) atoms. The van der Waals surface area contributed by atoms with Gasteiger partial charge in [-0.15, -0.1) is 23.1 Å². The molecule has 2 amide bonds. The summed E-state index contributed by atoms with van der Waals surface area (Å²) in [6, 6.07) is -0.942. The van der Waals surface area contributed by atoms with Gasteiger partial charge in [0.25, 0.3) is 11.8 Å². The Morgan fingerprint density at radius 2 is 2.18 bits per heavy atom. The minimum atomic E-state index is -1.45. The molecule has 2 unspecified atom stereocenters. The average molecular weight is 520 g/mol. The number of ether oxygens (including phenoxy) is 2. The number of fused-ring (bicyclic) bond motifs is 1. The van der Waals surface area contributed by atoms with Crippen LogP contribution in [0.5, 0.6) is 0 Å². The maximum atomic E-state index is 12.9. The molecule has 15 heteroatoms.